The maximum Gasteiger partial charge on any atom is 0.0275 e. The molecule has 1 heteroatoms. The van der Waals surface area contributed by atoms with Crippen molar-refractivity contribution in [1.82, 2.24) is 0 Å². The SMILES string of the molecule is CC/C=C\C(N)=C/C(C)(C)C. The molecular weight excluding hydrogens is 134 g/mol. The first-order valence-electron chi connectivity index (χ1n) is 4.10. The second-order valence-electron chi connectivity index (χ2n) is 3.82. The van der Waals surface area contributed by atoms with Crippen LogP contribution in [0.3, 0.4) is 0 Å². The van der Waals surface area contributed by atoms with E-state index in [-0.39, 0.29) is 5.41 Å². The van der Waals surface area contributed by atoms with Crippen molar-refractivity contribution in [2.75, 3.05) is 0 Å². The summed E-state index contributed by atoms with van der Waals surface area (Å²) in [6, 6.07) is 0. The van der Waals surface area contributed by atoms with Crippen molar-refractivity contribution < 1.29 is 0 Å². The first kappa shape index (κ1) is 10.3. The quantitative estimate of drug-likeness (QED) is 0.606. The van der Waals surface area contributed by atoms with Crippen LogP contribution in [0.5, 0.6) is 0 Å². The molecule has 64 valence electrons. The van der Waals surface area contributed by atoms with Crippen LogP contribution < -0.4 is 5.73 Å². The number of hydrogen-bond acceptors (Lipinski definition) is 1. The molecule has 2 N–H and O–H groups in total. The van der Waals surface area contributed by atoms with Crippen molar-refractivity contribution >= 4 is 0 Å². The Morgan fingerprint density at radius 1 is 1.36 bits per heavy atom. The van der Waals surface area contributed by atoms with Gasteiger partial charge in [-0.05, 0) is 17.9 Å². The van der Waals surface area contributed by atoms with Gasteiger partial charge in [0.15, 0.2) is 0 Å². The van der Waals surface area contributed by atoms with Gasteiger partial charge < -0.3 is 5.73 Å². The maximum absolute atomic E-state index is 5.72. The maximum atomic E-state index is 5.72. The Hall–Kier alpha value is -0.720. The molecule has 0 aliphatic carbocycles. The highest BCUT2D eigenvalue weighted by molar-refractivity contribution is 5.16. The molecule has 0 heterocycles. The highest BCUT2D eigenvalue weighted by atomic mass is 14.6. The Bertz CT molecular complexity index is 158. The molecule has 0 spiro atoms. The fraction of sp³-hybridized carbons (Fsp3) is 0.600. The Morgan fingerprint density at radius 2 is 1.91 bits per heavy atom. The van der Waals surface area contributed by atoms with Crippen LogP contribution in [-0.4, -0.2) is 0 Å². The van der Waals surface area contributed by atoms with Crippen molar-refractivity contribution in [2.45, 2.75) is 34.1 Å². The van der Waals surface area contributed by atoms with Gasteiger partial charge in [-0.15, -0.1) is 0 Å². The minimum Gasteiger partial charge on any atom is -0.399 e. The number of nitrogens with two attached hydrogens (primary N) is 1. The second-order valence-corrected chi connectivity index (χ2v) is 3.82. The van der Waals surface area contributed by atoms with Crippen LogP contribution >= 0.6 is 0 Å². The lowest BCUT2D eigenvalue weighted by Crippen LogP contribution is -2.04. The topological polar surface area (TPSA) is 26.0 Å². The van der Waals surface area contributed by atoms with E-state index < -0.39 is 0 Å². The summed E-state index contributed by atoms with van der Waals surface area (Å²) in [6.07, 6.45) is 7.14. The van der Waals surface area contributed by atoms with Crippen molar-refractivity contribution in [3.8, 4) is 0 Å². The third-order valence-corrected chi connectivity index (χ3v) is 1.15. The van der Waals surface area contributed by atoms with Crippen LogP contribution in [0.25, 0.3) is 0 Å². The molecule has 0 atom stereocenters. The molecule has 1 nitrogen and oxygen atoms in total. The third kappa shape index (κ3) is 7.17. The Kier molecular flexibility index (Phi) is 3.94. The predicted molar refractivity (Wildman–Crippen MR) is 51.2 cm³/mol. The van der Waals surface area contributed by atoms with E-state index in [1.807, 2.05) is 6.08 Å². The van der Waals surface area contributed by atoms with Gasteiger partial charge in [-0.3, -0.25) is 0 Å². The molecule has 0 aliphatic heterocycles. The molecule has 11 heavy (non-hydrogen) atoms. The molecule has 0 bridgehead atoms. The summed E-state index contributed by atoms with van der Waals surface area (Å²) in [7, 11) is 0. The zero-order valence-corrected chi connectivity index (χ0v) is 8.02. The lowest BCUT2D eigenvalue weighted by molar-refractivity contribution is 0.540. The highest BCUT2D eigenvalue weighted by Crippen LogP contribution is 2.15. The van der Waals surface area contributed by atoms with Gasteiger partial charge in [0.25, 0.3) is 0 Å². The molecule has 0 amide bonds. The normalized spacial score (nSPS) is 14.4. The molecule has 0 aromatic heterocycles. The van der Waals surface area contributed by atoms with Crippen molar-refractivity contribution in [2.24, 2.45) is 11.1 Å². The largest absolute Gasteiger partial charge is 0.399 e. The van der Waals surface area contributed by atoms with E-state index in [1.165, 1.54) is 0 Å². The highest BCUT2D eigenvalue weighted by Gasteiger charge is 2.04. The van der Waals surface area contributed by atoms with Crippen LogP contribution in [-0.2, 0) is 0 Å². The summed E-state index contributed by atoms with van der Waals surface area (Å²) in [5.41, 5.74) is 6.76. The Labute approximate surface area is 70.0 Å². The average Bonchev–Trinajstić information content (AvgIpc) is 1.79. The molecule has 0 unspecified atom stereocenters. The lowest BCUT2D eigenvalue weighted by Gasteiger charge is -2.12. The van der Waals surface area contributed by atoms with E-state index in [2.05, 4.69) is 39.8 Å². The summed E-state index contributed by atoms with van der Waals surface area (Å²) in [5.74, 6) is 0. The monoisotopic (exact) mass is 153 g/mol. The third-order valence-electron chi connectivity index (χ3n) is 1.15. The number of hydrogen-bond donors (Lipinski definition) is 1. The van der Waals surface area contributed by atoms with Gasteiger partial charge >= 0.3 is 0 Å². The van der Waals surface area contributed by atoms with Crippen molar-refractivity contribution in [3.05, 3.63) is 23.9 Å². The van der Waals surface area contributed by atoms with Crippen LogP contribution in [0.1, 0.15) is 34.1 Å². The first-order chi connectivity index (χ1) is 4.95. The van der Waals surface area contributed by atoms with E-state index in [4.69, 9.17) is 5.73 Å². The minimum atomic E-state index is 0.183. The van der Waals surface area contributed by atoms with Crippen molar-refractivity contribution in [3.63, 3.8) is 0 Å². The summed E-state index contributed by atoms with van der Waals surface area (Å²) in [6.45, 7) is 8.51. The van der Waals surface area contributed by atoms with Gasteiger partial charge in [0.2, 0.25) is 0 Å². The smallest absolute Gasteiger partial charge is 0.0275 e. The van der Waals surface area contributed by atoms with E-state index in [1.54, 1.807) is 0 Å². The number of allylic oxidation sites excluding steroid dienone is 3. The molecule has 0 radical (unpaired) electrons. The van der Waals surface area contributed by atoms with E-state index >= 15 is 0 Å². The van der Waals surface area contributed by atoms with Gasteiger partial charge in [0.1, 0.15) is 0 Å². The zero-order chi connectivity index (χ0) is 8.91. The van der Waals surface area contributed by atoms with E-state index in [0.717, 1.165) is 12.1 Å². The Morgan fingerprint density at radius 3 is 2.27 bits per heavy atom. The predicted octanol–water partition coefficient (Wildman–Crippen LogP) is 2.84. The van der Waals surface area contributed by atoms with Crippen LogP contribution in [0.4, 0.5) is 0 Å². The molecule has 0 fully saturated rings. The number of rotatable bonds is 2. The summed E-state index contributed by atoms with van der Waals surface area (Å²) in [4.78, 5) is 0. The second kappa shape index (κ2) is 4.22. The Balaban J connectivity index is 4.12. The molecular formula is C10H19N. The van der Waals surface area contributed by atoms with Crippen LogP contribution in [0, 0.1) is 5.41 Å². The summed E-state index contributed by atoms with van der Waals surface area (Å²) in [5, 5.41) is 0. The summed E-state index contributed by atoms with van der Waals surface area (Å²) >= 11 is 0. The van der Waals surface area contributed by atoms with Crippen molar-refractivity contribution in [1.29, 1.82) is 0 Å². The molecule has 0 aromatic carbocycles. The first-order valence-corrected chi connectivity index (χ1v) is 4.10. The zero-order valence-electron chi connectivity index (χ0n) is 8.02. The van der Waals surface area contributed by atoms with Gasteiger partial charge in [0, 0.05) is 5.70 Å². The van der Waals surface area contributed by atoms with E-state index in [0.29, 0.717) is 0 Å². The van der Waals surface area contributed by atoms with Crippen LogP contribution in [0.2, 0.25) is 0 Å². The van der Waals surface area contributed by atoms with Gasteiger partial charge in [-0.25, -0.2) is 0 Å². The van der Waals surface area contributed by atoms with Crippen LogP contribution in [0.15, 0.2) is 23.9 Å². The molecule has 0 saturated heterocycles. The fourth-order valence-electron chi connectivity index (χ4n) is 0.802. The van der Waals surface area contributed by atoms with Gasteiger partial charge in [-0.1, -0.05) is 39.8 Å². The molecule has 0 aromatic rings. The fourth-order valence-corrected chi connectivity index (χ4v) is 0.802. The standard InChI is InChI=1S/C10H19N/c1-5-6-7-9(11)8-10(2,3)4/h6-8H,5,11H2,1-4H3/b7-6-,9-8+. The molecule has 0 rings (SSSR count). The van der Waals surface area contributed by atoms with Gasteiger partial charge in [-0.2, -0.15) is 0 Å². The lowest BCUT2D eigenvalue weighted by atomic mass is 9.95. The van der Waals surface area contributed by atoms with Gasteiger partial charge in [0.05, 0.1) is 0 Å². The van der Waals surface area contributed by atoms with E-state index in [9.17, 15) is 0 Å². The summed E-state index contributed by atoms with van der Waals surface area (Å²) < 4.78 is 0. The molecule has 0 saturated carbocycles. The minimum absolute atomic E-state index is 0.183. The molecule has 0 aliphatic rings. The average molecular weight is 153 g/mol.